The molecule has 0 saturated carbocycles. The molecule has 1 unspecified atom stereocenters. The standard InChI is InChI=1S/C14H13ClF6N2O3/c1-3-26-11(25)12(14(19,20)21,22-7(2)24)23-10-5-4-8(15)6-9(10)13(16,17)18/h4-6,23H,3H2,1-2H3,(H,22,24). The highest BCUT2D eigenvalue weighted by atomic mass is 35.5. The Hall–Kier alpha value is -2.17. The molecule has 1 atom stereocenters. The van der Waals surface area contributed by atoms with Gasteiger partial charge in [-0.3, -0.25) is 4.79 Å². The molecule has 2 N–H and O–H groups in total. The summed E-state index contributed by atoms with van der Waals surface area (Å²) < 4.78 is 84.5. The first-order chi connectivity index (χ1) is 11.7. The maximum Gasteiger partial charge on any atom is 0.441 e. The van der Waals surface area contributed by atoms with E-state index in [4.69, 9.17) is 11.6 Å². The third-order valence-electron chi connectivity index (χ3n) is 2.98. The third kappa shape index (κ3) is 4.71. The molecule has 0 radical (unpaired) electrons. The minimum Gasteiger partial charge on any atom is -0.463 e. The summed E-state index contributed by atoms with van der Waals surface area (Å²) in [5.74, 6) is -3.35. The smallest absolute Gasteiger partial charge is 0.441 e. The van der Waals surface area contributed by atoms with Gasteiger partial charge in [-0.15, -0.1) is 0 Å². The lowest BCUT2D eigenvalue weighted by molar-refractivity contribution is -0.207. The topological polar surface area (TPSA) is 67.4 Å². The van der Waals surface area contributed by atoms with Gasteiger partial charge >= 0.3 is 24.0 Å². The highest BCUT2D eigenvalue weighted by Gasteiger charge is 2.63. The second-order valence-corrected chi connectivity index (χ2v) is 5.40. The normalized spacial score (nSPS) is 14.3. The number of carbonyl (C=O) groups is 2. The van der Waals surface area contributed by atoms with Crippen molar-refractivity contribution >= 4 is 29.2 Å². The average Bonchev–Trinajstić information content (AvgIpc) is 2.45. The number of esters is 1. The first-order valence-corrected chi connectivity index (χ1v) is 7.30. The molecular formula is C14H13ClF6N2O3. The number of carbonyl (C=O) groups excluding carboxylic acids is 2. The van der Waals surface area contributed by atoms with Gasteiger partial charge in [0.25, 0.3) is 0 Å². The maximum absolute atomic E-state index is 13.6. The second-order valence-electron chi connectivity index (χ2n) is 4.96. The lowest BCUT2D eigenvalue weighted by atomic mass is 10.1. The summed E-state index contributed by atoms with van der Waals surface area (Å²) in [5.41, 5.74) is -6.61. The summed E-state index contributed by atoms with van der Waals surface area (Å²) >= 11 is 5.47. The van der Waals surface area contributed by atoms with Gasteiger partial charge in [-0.25, -0.2) is 4.79 Å². The Morgan fingerprint density at radius 2 is 1.73 bits per heavy atom. The van der Waals surface area contributed by atoms with E-state index in [2.05, 4.69) is 4.74 Å². The fourth-order valence-corrected chi connectivity index (χ4v) is 2.13. The number of alkyl halides is 6. The lowest BCUT2D eigenvalue weighted by Gasteiger charge is -2.35. The number of benzene rings is 1. The number of nitrogens with one attached hydrogen (secondary N) is 2. The van der Waals surface area contributed by atoms with Gasteiger partial charge in [0.1, 0.15) is 0 Å². The van der Waals surface area contributed by atoms with E-state index in [0.29, 0.717) is 19.1 Å². The van der Waals surface area contributed by atoms with Crippen molar-refractivity contribution in [3.05, 3.63) is 28.8 Å². The number of hydrogen-bond acceptors (Lipinski definition) is 4. The van der Waals surface area contributed by atoms with Crippen LogP contribution in [-0.2, 0) is 20.5 Å². The lowest BCUT2D eigenvalue weighted by Crippen LogP contribution is -2.69. The number of hydrogen-bond donors (Lipinski definition) is 2. The van der Waals surface area contributed by atoms with Crippen LogP contribution in [0.5, 0.6) is 0 Å². The molecule has 1 rings (SSSR count). The molecule has 26 heavy (non-hydrogen) atoms. The van der Waals surface area contributed by atoms with Crippen LogP contribution in [-0.4, -0.2) is 30.3 Å². The number of halogens is 7. The molecular weight excluding hydrogens is 394 g/mol. The summed E-state index contributed by atoms with van der Waals surface area (Å²) in [5, 5.41) is 2.36. The maximum atomic E-state index is 13.6. The zero-order chi connectivity index (χ0) is 20.3. The first kappa shape index (κ1) is 21.9. The molecule has 0 bridgehead atoms. The highest BCUT2D eigenvalue weighted by molar-refractivity contribution is 6.30. The third-order valence-corrected chi connectivity index (χ3v) is 3.21. The molecule has 0 aliphatic carbocycles. The number of rotatable bonds is 5. The van der Waals surface area contributed by atoms with E-state index in [0.717, 1.165) is 6.07 Å². The van der Waals surface area contributed by atoms with E-state index in [9.17, 15) is 35.9 Å². The summed E-state index contributed by atoms with van der Waals surface area (Å²) in [4.78, 5) is 23.2. The molecule has 0 aliphatic heterocycles. The van der Waals surface area contributed by atoms with Gasteiger partial charge in [-0.2, -0.15) is 26.3 Å². The van der Waals surface area contributed by atoms with Crippen molar-refractivity contribution in [1.82, 2.24) is 5.32 Å². The SMILES string of the molecule is CCOC(=O)C(NC(C)=O)(Nc1ccc(Cl)cc1C(F)(F)F)C(F)(F)F. The molecule has 1 aromatic carbocycles. The van der Waals surface area contributed by atoms with E-state index in [-0.39, 0.29) is 0 Å². The van der Waals surface area contributed by atoms with Crippen molar-refractivity contribution < 1.29 is 40.7 Å². The number of amides is 1. The minimum atomic E-state index is -5.53. The zero-order valence-electron chi connectivity index (χ0n) is 13.3. The van der Waals surface area contributed by atoms with Crippen LogP contribution >= 0.6 is 11.6 Å². The minimum absolute atomic E-state index is 0.379. The zero-order valence-corrected chi connectivity index (χ0v) is 14.1. The molecule has 0 aromatic heterocycles. The van der Waals surface area contributed by atoms with E-state index >= 15 is 0 Å². The monoisotopic (exact) mass is 406 g/mol. The van der Waals surface area contributed by atoms with Gasteiger partial charge in [0.2, 0.25) is 5.91 Å². The van der Waals surface area contributed by atoms with E-state index in [1.807, 2.05) is 0 Å². The van der Waals surface area contributed by atoms with Crippen LogP contribution < -0.4 is 10.6 Å². The van der Waals surface area contributed by atoms with Gasteiger partial charge in [0, 0.05) is 17.6 Å². The van der Waals surface area contributed by atoms with Gasteiger partial charge < -0.3 is 15.4 Å². The molecule has 12 heteroatoms. The molecule has 1 amide bonds. The molecule has 0 heterocycles. The van der Waals surface area contributed by atoms with Gasteiger partial charge in [-0.05, 0) is 25.1 Å². The molecule has 146 valence electrons. The molecule has 1 aromatic rings. The van der Waals surface area contributed by atoms with E-state index < -0.39 is 52.8 Å². The van der Waals surface area contributed by atoms with Crippen molar-refractivity contribution in [2.75, 3.05) is 11.9 Å². The van der Waals surface area contributed by atoms with Crippen LogP contribution in [0, 0.1) is 0 Å². The molecule has 0 fully saturated rings. The van der Waals surface area contributed by atoms with Gasteiger partial charge in [0.05, 0.1) is 12.2 Å². The fraction of sp³-hybridized carbons (Fsp3) is 0.429. The second kappa shape index (κ2) is 7.60. The Morgan fingerprint density at radius 1 is 1.15 bits per heavy atom. The van der Waals surface area contributed by atoms with Crippen molar-refractivity contribution in [3.63, 3.8) is 0 Å². The highest BCUT2D eigenvalue weighted by Crippen LogP contribution is 2.40. The number of anilines is 1. The van der Waals surface area contributed by atoms with Crippen LogP contribution in [0.4, 0.5) is 32.0 Å². The van der Waals surface area contributed by atoms with Crippen LogP contribution in [0.2, 0.25) is 5.02 Å². The van der Waals surface area contributed by atoms with Crippen molar-refractivity contribution in [2.24, 2.45) is 0 Å². The first-order valence-electron chi connectivity index (χ1n) is 6.92. The molecule has 5 nitrogen and oxygen atoms in total. The average molecular weight is 407 g/mol. The van der Waals surface area contributed by atoms with Crippen molar-refractivity contribution in [3.8, 4) is 0 Å². The molecule has 0 spiro atoms. The van der Waals surface area contributed by atoms with Gasteiger partial charge in [-0.1, -0.05) is 11.6 Å². The Labute approximate surface area is 148 Å². The van der Waals surface area contributed by atoms with E-state index in [1.54, 1.807) is 0 Å². The van der Waals surface area contributed by atoms with Crippen LogP contribution in [0.15, 0.2) is 18.2 Å². The van der Waals surface area contributed by atoms with Crippen molar-refractivity contribution in [2.45, 2.75) is 31.9 Å². The van der Waals surface area contributed by atoms with Gasteiger partial charge in [0.15, 0.2) is 0 Å². The Kier molecular flexibility index (Phi) is 6.40. The van der Waals surface area contributed by atoms with Crippen LogP contribution in [0.25, 0.3) is 0 Å². The summed E-state index contributed by atoms with van der Waals surface area (Å²) in [6, 6.07) is 1.87. The summed E-state index contributed by atoms with van der Waals surface area (Å²) in [6.45, 7) is 1.34. The number of ether oxygens (including phenoxy) is 1. The van der Waals surface area contributed by atoms with E-state index in [1.165, 1.54) is 17.6 Å². The summed E-state index contributed by atoms with van der Waals surface area (Å²) in [6.07, 6.45) is -10.6. The predicted octanol–water partition coefficient (Wildman–Crippen LogP) is 3.73. The Balaban J connectivity index is 3.61. The molecule has 0 aliphatic rings. The largest absolute Gasteiger partial charge is 0.463 e. The van der Waals surface area contributed by atoms with Crippen LogP contribution in [0.1, 0.15) is 19.4 Å². The Morgan fingerprint density at radius 3 is 2.15 bits per heavy atom. The predicted molar refractivity (Wildman–Crippen MR) is 79.3 cm³/mol. The van der Waals surface area contributed by atoms with Crippen molar-refractivity contribution in [1.29, 1.82) is 0 Å². The Bertz CT molecular complexity index is 692. The quantitative estimate of drug-likeness (QED) is 0.444. The fourth-order valence-electron chi connectivity index (χ4n) is 1.96. The summed E-state index contributed by atoms with van der Waals surface area (Å²) in [7, 11) is 0. The van der Waals surface area contributed by atoms with Crippen LogP contribution in [0.3, 0.4) is 0 Å². The molecule has 0 saturated heterocycles.